The number of hydrogen-bond acceptors (Lipinski definition) is 6. The SMILES string of the molecule is COC(=O)COC1=CC(C)C=C(OCC(O)COc2ccc(C(F)(F)F)cc2)C=C1. The minimum atomic E-state index is -4.41. The molecule has 2 unspecified atom stereocenters. The molecular weight excluding hydrogens is 405 g/mol. The lowest BCUT2D eigenvalue weighted by Gasteiger charge is -2.15. The number of rotatable bonds is 9. The summed E-state index contributed by atoms with van der Waals surface area (Å²) in [5.41, 5.74) is -0.775. The molecule has 1 aliphatic rings. The predicted octanol–water partition coefficient (Wildman–Crippen LogP) is 3.63. The van der Waals surface area contributed by atoms with E-state index in [1.165, 1.54) is 19.2 Å². The van der Waals surface area contributed by atoms with Crippen LogP contribution in [0.2, 0.25) is 0 Å². The van der Waals surface area contributed by atoms with Crippen LogP contribution in [0.5, 0.6) is 5.75 Å². The Bertz CT molecular complexity index is 796. The van der Waals surface area contributed by atoms with Gasteiger partial charge < -0.3 is 24.1 Å². The molecule has 6 nitrogen and oxygen atoms in total. The second kappa shape index (κ2) is 10.7. The predicted molar refractivity (Wildman–Crippen MR) is 101 cm³/mol. The molecule has 0 fully saturated rings. The largest absolute Gasteiger partial charge is 0.491 e. The number of aliphatic hydroxyl groups excluding tert-OH is 1. The van der Waals surface area contributed by atoms with Crippen LogP contribution in [0.1, 0.15) is 12.5 Å². The highest BCUT2D eigenvalue weighted by atomic mass is 19.4. The Balaban J connectivity index is 1.79. The topological polar surface area (TPSA) is 74.2 Å². The third-order valence-electron chi connectivity index (χ3n) is 3.92. The molecule has 0 heterocycles. The molecule has 0 radical (unpaired) electrons. The van der Waals surface area contributed by atoms with Gasteiger partial charge in [0.1, 0.15) is 36.6 Å². The van der Waals surface area contributed by atoms with Crippen molar-refractivity contribution in [3.8, 4) is 5.75 Å². The van der Waals surface area contributed by atoms with E-state index in [2.05, 4.69) is 4.74 Å². The van der Waals surface area contributed by atoms with Gasteiger partial charge in [-0.2, -0.15) is 13.2 Å². The second-order valence-corrected chi connectivity index (χ2v) is 6.49. The van der Waals surface area contributed by atoms with Crippen molar-refractivity contribution >= 4 is 5.97 Å². The summed E-state index contributed by atoms with van der Waals surface area (Å²) < 4.78 is 58.4. The maximum Gasteiger partial charge on any atom is 0.416 e. The van der Waals surface area contributed by atoms with Crippen LogP contribution in [0.15, 0.2) is 60.1 Å². The average molecular weight is 428 g/mol. The third-order valence-corrected chi connectivity index (χ3v) is 3.92. The molecule has 0 amide bonds. The Morgan fingerprint density at radius 3 is 2.17 bits per heavy atom. The van der Waals surface area contributed by atoms with Gasteiger partial charge in [-0.05, 0) is 54.5 Å². The molecule has 0 bridgehead atoms. The van der Waals surface area contributed by atoms with E-state index in [1.54, 1.807) is 24.3 Å². The molecule has 1 N–H and O–H groups in total. The molecule has 164 valence electrons. The van der Waals surface area contributed by atoms with Gasteiger partial charge in [0.15, 0.2) is 6.61 Å². The molecule has 0 spiro atoms. The van der Waals surface area contributed by atoms with Gasteiger partial charge >= 0.3 is 12.1 Å². The van der Waals surface area contributed by atoms with Crippen molar-refractivity contribution in [2.24, 2.45) is 5.92 Å². The van der Waals surface area contributed by atoms with Crippen molar-refractivity contribution in [2.75, 3.05) is 26.9 Å². The maximum atomic E-state index is 12.5. The Morgan fingerprint density at radius 2 is 1.60 bits per heavy atom. The third kappa shape index (κ3) is 7.82. The van der Waals surface area contributed by atoms with Crippen molar-refractivity contribution in [3.05, 3.63) is 65.7 Å². The molecule has 30 heavy (non-hydrogen) atoms. The number of methoxy groups -OCH3 is 1. The summed E-state index contributed by atoms with van der Waals surface area (Å²) in [4.78, 5) is 11.2. The average Bonchev–Trinajstić information content (AvgIpc) is 2.89. The first-order chi connectivity index (χ1) is 14.2. The first-order valence-corrected chi connectivity index (χ1v) is 9.09. The number of carbonyl (C=O) groups is 1. The zero-order valence-corrected chi connectivity index (χ0v) is 16.5. The zero-order valence-electron chi connectivity index (χ0n) is 16.5. The van der Waals surface area contributed by atoms with E-state index in [0.717, 1.165) is 12.1 Å². The number of ether oxygens (including phenoxy) is 4. The van der Waals surface area contributed by atoms with Crippen LogP contribution in [0.3, 0.4) is 0 Å². The molecule has 2 rings (SSSR count). The number of aliphatic hydroxyl groups is 1. The molecule has 1 aliphatic carbocycles. The summed E-state index contributed by atoms with van der Waals surface area (Å²) in [6.45, 7) is 1.45. The number of halogens is 3. The maximum absolute atomic E-state index is 12.5. The normalized spacial score (nSPS) is 17.3. The van der Waals surface area contributed by atoms with Gasteiger partial charge in [-0.25, -0.2) is 4.79 Å². The minimum Gasteiger partial charge on any atom is -0.491 e. The van der Waals surface area contributed by atoms with Crippen molar-refractivity contribution in [1.29, 1.82) is 0 Å². The van der Waals surface area contributed by atoms with Crippen molar-refractivity contribution in [3.63, 3.8) is 0 Å². The highest BCUT2D eigenvalue weighted by Gasteiger charge is 2.30. The smallest absolute Gasteiger partial charge is 0.416 e. The summed E-state index contributed by atoms with van der Waals surface area (Å²) >= 11 is 0. The standard InChI is InChI=1S/C21H23F3O6/c1-14-9-18(7-8-19(10-14)30-13-20(26)27-2)29-12-16(25)11-28-17-5-3-15(4-6-17)21(22,23)24/h3-10,14,16,25H,11-13H2,1-2H3. The first kappa shape index (κ1) is 23.3. The van der Waals surface area contributed by atoms with Crippen LogP contribution < -0.4 is 4.74 Å². The Morgan fingerprint density at radius 1 is 1.03 bits per heavy atom. The summed E-state index contributed by atoms with van der Waals surface area (Å²) in [6.07, 6.45) is 1.44. The quantitative estimate of drug-likeness (QED) is 0.606. The van der Waals surface area contributed by atoms with E-state index < -0.39 is 23.8 Å². The summed E-state index contributed by atoms with van der Waals surface area (Å²) in [6, 6.07) is 4.20. The lowest BCUT2D eigenvalue weighted by atomic mass is 10.1. The van der Waals surface area contributed by atoms with Crippen molar-refractivity contribution in [2.45, 2.75) is 19.2 Å². The molecule has 1 aromatic carbocycles. The monoisotopic (exact) mass is 428 g/mol. The van der Waals surface area contributed by atoms with Gasteiger partial charge in [0.25, 0.3) is 0 Å². The number of hydrogen-bond donors (Lipinski definition) is 1. The zero-order chi connectivity index (χ0) is 22.1. The fourth-order valence-corrected chi connectivity index (χ4v) is 2.41. The van der Waals surface area contributed by atoms with Gasteiger partial charge in [-0.3, -0.25) is 0 Å². The number of alkyl halides is 3. The lowest BCUT2D eigenvalue weighted by Crippen LogP contribution is -2.23. The van der Waals surface area contributed by atoms with Crippen molar-refractivity contribution < 1.29 is 42.0 Å². The van der Waals surface area contributed by atoms with Gasteiger partial charge in [-0.15, -0.1) is 0 Å². The van der Waals surface area contributed by atoms with Crippen LogP contribution in [0.4, 0.5) is 13.2 Å². The van der Waals surface area contributed by atoms with E-state index in [-0.39, 0.29) is 31.5 Å². The number of esters is 1. The first-order valence-electron chi connectivity index (χ1n) is 9.09. The van der Waals surface area contributed by atoms with Gasteiger partial charge in [0, 0.05) is 0 Å². The van der Waals surface area contributed by atoms with Crippen LogP contribution >= 0.6 is 0 Å². The lowest BCUT2D eigenvalue weighted by molar-refractivity contribution is -0.144. The molecule has 9 heteroatoms. The Labute approximate surface area is 172 Å². The highest BCUT2D eigenvalue weighted by molar-refractivity contribution is 5.70. The molecular formula is C21H23F3O6. The highest BCUT2D eigenvalue weighted by Crippen LogP contribution is 2.30. The van der Waals surface area contributed by atoms with E-state index in [9.17, 15) is 23.1 Å². The molecule has 0 saturated heterocycles. The Hall–Kier alpha value is -2.94. The molecule has 0 aromatic heterocycles. The molecule has 0 saturated carbocycles. The Kier molecular flexibility index (Phi) is 8.35. The van der Waals surface area contributed by atoms with E-state index in [0.29, 0.717) is 11.5 Å². The van der Waals surface area contributed by atoms with Gasteiger partial charge in [0.2, 0.25) is 0 Å². The number of benzene rings is 1. The fraction of sp³-hybridized carbons (Fsp3) is 0.381. The summed E-state index contributed by atoms with van der Waals surface area (Å²) in [5.74, 6) is 0.628. The minimum absolute atomic E-state index is 0.0526. The fourth-order valence-electron chi connectivity index (χ4n) is 2.41. The van der Waals surface area contributed by atoms with Crippen LogP contribution in [-0.4, -0.2) is 44.1 Å². The van der Waals surface area contributed by atoms with Gasteiger partial charge in [-0.1, -0.05) is 6.92 Å². The molecule has 0 aliphatic heterocycles. The van der Waals surface area contributed by atoms with Crippen LogP contribution in [-0.2, 0) is 25.2 Å². The van der Waals surface area contributed by atoms with E-state index >= 15 is 0 Å². The summed E-state index contributed by atoms with van der Waals surface area (Å²) in [5, 5.41) is 10.0. The van der Waals surface area contributed by atoms with E-state index in [1.807, 2.05) is 6.92 Å². The number of allylic oxidation sites excluding steroid dienone is 4. The second-order valence-electron chi connectivity index (χ2n) is 6.49. The van der Waals surface area contributed by atoms with Crippen molar-refractivity contribution in [1.82, 2.24) is 0 Å². The van der Waals surface area contributed by atoms with Crippen LogP contribution in [0.25, 0.3) is 0 Å². The number of carbonyl (C=O) groups excluding carboxylic acids is 1. The van der Waals surface area contributed by atoms with Crippen LogP contribution in [0, 0.1) is 5.92 Å². The molecule has 1 aromatic rings. The van der Waals surface area contributed by atoms with Gasteiger partial charge in [0.05, 0.1) is 12.7 Å². The molecule has 2 atom stereocenters. The summed E-state index contributed by atoms with van der Waals surface area (Å²) in [7, 11) is 1.27. The van der Waals surface area contributed by atoms with E-state index in [4.69, 9.17) is 14.2 Å².